The van der Waals surface area contributed by atoms with Gasteiger partial charge in [-0.25, -0.2) is 9.78 Å². The van der Waals surface area contributed by atoms with Crippen LogP contribution in [0.2, 0.25) is 0 Å². The number of fused-ring (bicyclic) bond motifs is 2. The molecule has 2 bridgehead atoms. The Bertz CT molecular complexity index is 468. The van der Waals surface area contributed by atoms with Gasteiger partial charge < -0.3 is 14.3 Å². The first kappa shape index (κ1) is 15.1. The zero-order valence-electron chi connectivity index (χ0n) is 13.6. The third-order valence-electron chi connectivity index (χ3n) is 6.62. The van der Waals surface area contributed by atoms with Crippen LogP contribution < -0.4 is 0 Å². The third kappa shape index (κ3) is 1.89. The van der Waals surface area contributed by atoms with Crippen LogP contribution in [-0.2, 0) is 24.0 Å². The summed E-state index contributed by atoms with van der Waals surface area (Å²) in [4.78, 5) is 22.8. The zero-order valence-corrected chi connectivity index (χ0v) is 13.6. The van der Waals surface area contributed by atoms with Crippen molar-refractivity contribution in [1.82, 2.24) is 0 Å². The molecule has 4 saturated heterocycles. The van der Waals surface area contributed by atoms with Gasteiger partial charge >= 0.3 is 0 Å². The predicted molar refractivity (Wildman–Crippen MR) is 77.5 cm³/mol. The number of rotatable bonds is 2. The lowest BCUT2D eigenvalue weighted by atomic mass is 9.57. The molecule has 1 saturated carbocycles. The number of aldehydes is 1. The Morgan fingerprint density at radius 3 is 2.73 bits per heavy atom. The molecule has 1 aliphatic carbocycles. The third-order valence-corrected chi connectivity index (χ3v) is 6.62. The van der Waals surface area contributed by atoms with E-state index in [2.05, 4.69) is 13.8 Å². The van der Waals surface area contributed by atoms with Crippen molar-refractivity contribution < 1.29 is 24.0 Å². The van der Waals surface area contributed by atoms with Crippen molar-refractivity contribution in [3.63, 3.8) is 0 Å². The van der Waals surface area contributed by atoms with Crippen molar-refractivity contribution in [2.24, 2.45) is 23.7 Å². The van der Waals surface area contributed by atoms with E-state index in [0.29, 0.717) is 24.2 Å². The summed E-state index contributed by atoms with van der Waals surface area (Å²) in [7, 11) is 0. The fourth-order valence-corrected chi connectivity index (χ4v) is 5.34. The van der Waals surface area contributed by atoms with Crippen LogP contribution in [0.4, 0.5) is 0 Å². The maximum atomic E-state index is 11.0. The molecule has 5 heteroatoms. The summed E-state index contributed by atoms with van der Waals surface area (Å²) in [5.74, 6) is 0.820. The fourth-order valence-electron chi connectivity index (χ4n) is 5.34. The lowest BCUT2D eigenvalue weighted by Crippen LogP contribution is -2.70. The van der Waals surface area contributed by atoms with Crippen LogP contribution in [0.1, 0.15) is 52.9 Å². The van der Waals surface area contributed by atoms with Gasteiger partial charge in [0, 0.05) is 18.8 Å². The second-order valence-electron chi connectivity index (χ2n) is 7.85. The van der Waals surface area contributed by atoms with Crippen LogP contribution in [0, 0.1) is 23.7 Å². The van der Waals surface area contributed by atoms with Crippen LogP contribution in [0.5, 0.6) is 0 Å². The van der Waals surface area contributed by atoms with Gasteiger partial charge in [0.15, 0.2) is 11.9 Å². The van der Waals surface area contributed by atoms with Crippen LogP contribution in [-0.4, -0.2) is 30.1 Å². The smallest absolute Gasteiger partial charge is 0.201 e. The van der Waals surface area contributed by atoms with Crippen molar-refractivity contribution in [3.05, 3.63) is 0 Å². The molecule has 0 unspecified atom stereocenters. The van der Waals surface area contributed by atoms with E-state index in [1.807, 2.05) is 6.92 Å². The number of carbonyl (C=O) groups excluding carboxylic acids is 1. The van der Waals surface area contributed by atoms with Crippen molar-refractivity contribution >= 4 is 6.29 Å². The van der Waals surface area contributed by atoms with Crippen LogP contribution in [0.25, 0.3) is 0 Å². The summed E-state index contributed by atoms with van der Waals surface area (Å²) < 4.78 is 12.5. The molecule has 0 amide bonds. The van der Waals surface area contributed by atoms with E-state index >= 15 is 0 Å². The van der Waals surface area contributed by atoms with Crippen LogP contribution >= 0.6 is 0 Å². The highest BCUT2D eigenvalue weighted by molar-refractivity contribution is 5.50. The minimum Gasteiger partial charge on any atom is -0.345 e. The van der Waals surface area contributed by atoms with E-state index in [1.54, 1.807) is 0 Å². The van der Waals surface area contributed by atoms with Crippen LogP contribution in [0.3, 0.4) is 0 Å². The molecule has 22 heavy (non-hydrogen) atoms. The number of hydrogen-bond acceptors (Lipinski definition) is 5. The van der Waals surface area contributed by atoms with Gasteiger partial charge in [-0.2, -0.15) is 0 Å². The van der Waals surface area contributed by atoms with Crippen molar-refractivity contribution in [1.29, 1.82) is 0 Å². The Morgan fingerprint density at radius 1 is 1.14 bits per heavy atom. The monoisotopic (exact) mass is 310 g/mol. The molecule has 4 heterocycles. The maximum Gasteiger partial charge on any atom is 0.201 e. The van der Waals surface area contributed by atoms with Gasteiger partial charge in [-0.1, -0.05) is 13.8 Å². The fraction of sp³-hybridized carbons (Fsp3) is 0.941. The van der Waals surface area contributed by atoms with Crippen molar-refractivity contribution in [2.75, 3.05) is 0 Å². The average Bonchev–Trinajstić information content (AvgIpc) is 2.71. The van der Waals surface area contributed by atoms with E-state index in [9.17, 15) is 4.79 Å². The Balaban J connectivity index is 1.77. The molecule has 5 aliphatic rings. The molecule has 124 valence electrons. The molecule has 1 spiro atoms. The Morgan fingerprint density at radius 2 is 1.95 bits per heavy atom. The molecule has 5 rings (SSSR count). The Kier molecular flexibility index (Phi) is 3.42. The summed E-state index contributed by atoms with van der Waals surface area (Å²) in [5.41, 5.74) is -0.507. The first-order valence-corrected chi connectivity index (χ1v) is 8.64. The molecule has 0 radical (unpaired) electrons. The molecule has 8 atom stereocenters. The molecule has 5 fully saturated rings. The molecule has 0 aromatic carbocycles. The largest absolute Gasteiger partial charge is 0.345 e. The first-order chi connectivity index (χ1) is 10.5. The van der Waals surface area contributed by atoms with E-state index in [0.717, 1.165) is 25.5 Å². The average molecular weight is 310 g/mol. The van der Waals surface area contributed by atoms with E-state index in [-0.39, 0.29) is 12.0 Å². The van der Waals surface area contributed by atoms with Gasteiger partial charge in [-0.05, 0) is 43.9 Å². The molecule has 0 aromatic rings. The quantitative estimate of drug-likeness (QED) is 0.580. The highest BCUT2D eigenvalue weighted by Gasteiger charge is 2.69. The van der Waals surface area contributed by atoms with Gasteiger partial charge in [0.1, 0.15) is 6.29 Å². The standard InChI is InChI=1S/C17H26O5/c1-10-4-5-13-11(2)14(7-9-18)19-15-17(13)12(10)6-8-16(3,20-15)21-22-17/h9-15H,4-8H2,1-3H3/t10-,11-,12+,13+,14-,15-,16+,17-/m1/s1. The van der Waals surface area contributed by atoms with Gasteiger partial charge in [0.2, 0.25) is 5.79 Å². The summed E-state index contributed by atoms with van der Waals surface area (Å²) in [6.07, 6.45) is 5.01. The maximum absolute atomic E-state index is 11.0. The summed E-state index contributed by atoms with van der Waals surface area (Å²) >= 11 is 0. The van der Waals surface area contributed by atoms with Gasteiger partial charge in [-0.3, -0.25) is 0 Å². The Labute approximate surface area is 131 Å². The normalized spacial score (nSPS) is 57.0. The summed E-state index contributed by atoms with van der Waals surface area (Å²) in [6, 6.07) is 0. The minimum absolute atomic E-state index is 0.0845. The van der Waals surface area contributed by atoms with Gasteiger partial charge in [0.25, 0.3) is 0 Å². The molecule has 0 N–H and O–H groups in total. The minimum atomic E-state index is -0.732. The van der Waals surface area contributed by atoms with Gasteiger partial charge in [-0.15, -0.1) is 0 Å². The number of carbonyl (C=O) groups is 1. The lowest BCUT2D eigenvalue weighted by molar-refractivity contribution is -0.570. The number of hydrogen-bond donors (Lipinski definition) is 0. The Hall–Kier alpha value is -0.490. The van der Waals surface area contributed by atoms with Crippen molar-refractivity contribution in [3.8, 4) is 0 Å². The second-order valence-corrected chi connectivity index (χ2v) is 7.85. The highest BCUT2D eigenvalue weighted by atomic mass is 17.3. The SMILES string of the molecule is C[C@H]1[C@@H](CC=O)O[C@@H]2O[C@]3(C)CC[C@H]4[C@H](C)CC[C@@H]1[C@@]24OO3. The molecular weight excluding hydrogens is 284 g/mol. The van der Waals surface area contributed by atoms with E-state index in [1.165, 1.54) is 6.42 Å². The zero-order chi connectivity index (χ0) is 15.5. The highest BCUT2D eigenvalue weighted by Crippen LogP contribution is 2.60. The second kappa shape index (κ2) is 5.00. The summed E-state index contributed by atoms with van der Waals surface area (Å²) in [6.45, 7) is 6.41. The molecule has 5 nitrogen and oxygen atoms in total. The van der Waals surface area contributed by atoms with Crippen molar-refractivity contribution in [2.45, 2.75) is 76.7 Å². The van der Waals surface area contributed by atoms with Crippen LogP contribution in [0.15, 0.2) is 0 Å². The first-order valence-electron chi connectivity index (χ1n) is 8.64. The summed E-state index contributed by atoms with van der Waals surface area (Å²) in [5, 5.41) is 0. The predicted octanol–water partition coefficient (Wildman–Crippen LogP) is 2.83. The van der Waals surface area contributed by atoms with E-state index < -0.39 is 17.7 Å². The molecule has 0 aromatic heterocycles. The lowest BCUT2D eigenvalue weighted by Gasteiger charge is -2.60. The van der Waals surface area contributed by atoms with E-state index in [4.69, 9.17) is 19.2 Å². The van der Waals surface area contributed by atoms with Gasteiger partial charge in [0.05, 0.1) is 6.10 Å². The topological polar surface area (TPSA) is 54.0 Å². The molecule has 4 aliphatic heterocycles. The number of ether oxygens (including phenoxy) is 2. The molecular formula is C17H26O5.